The molecular weight excluding hydrogens is 408 g/mol. The van der Waals surface area contributed by atoms with E-state index in [-0.39, 0.29) is 31.4 Å². The Hall–Kier alpha value is -2.34. The molecule has 0 saturated carbocycles. The normalized spacial score (nSPS) is 10.4. The van der Waals surface area contributed by atoms with Gasteiger partial charge in [0.05, 0.1) is 19.6 Å². The van der Waals surface area contributed by atoms with Crippen LogP contribution in [-0.2, 0) is 9.59 Å². The maximum Gasteiger partial charge on any atom is 0.243 e. The van der Waals surface area contributed by atoms with Crippen LogP contribution in [0.1, 0.15) is 23.1 Å². The molecule has 5 nitrogen and oxygen atoms in total. The number of nitrogens with one attached hydrogen (secondary N) is 1. The van der Waals surface area contributed by atoms with Crippen LogP contribution in [0.25, 0.3) is 0 Å². The summed E-state index contributed by atoms with van der Waals surface area (Å²) in [6, 6.07) is 11.6. The molecule has 0 aromatic heterocycles. The van der Waals surface area contributed by atoms with Crippen LogP contribution in [0.4, 0.5) is 5.69 Å². The molecule has 27 heavy (non-hydrogen) atoms. The molecule has 0 aliphatic rings. The predicted octanol–water partition coefficient (Wildman–Crippen LogP) is 4.24. The van der Waals surface area contributed by atoms with Crippen LogP contribution < -0.4 is 10.1 Å². The van der Waals surface area contributed by atoms with Gasteiger partial charge in [-0.05, 0) is 61.7 Å². The molecule has 2 amide bonds. The van der Waals surface area contributed by atoms with Gasteiger partial charge in [0.2, 0.25) is 11.8 Å². The second-order valence-corrected chi connectivity index (χ2v) is 7.54. The first kappa shape index (κ1) is 21.0. The van der Waals surface area contributed by atoms with E-state index in [1.54, 1.807) is 7.05 Å². The van der Waals surface area contributed by atoms with Gasteiger partial charge in [-0.3, -0.25) is 9.59 Å². The van der Waals surface area contributed by atoms with Crippen molar-refractivity contribution in [2.24, 2.45) is 0 Å². The standard InChI is InChI=1S/C21H25BrN2O3/c1-14-5-6-15(2)19(11-14)27-10-9-21(26)24(4)13-20(25)23-18-8-7-17(22)12-16(18)3/h5-8,11-12H,9-10,13H2,1-4H3,(H,23,25). The zero-order chi connectivity index (χ0) is 20.0. The molecule has 2 aromatic rings. The van der Waals surface area contributed by atoms with Gasteiger partial charge in [-0.1, -0.05) is 28.1 Å². The van der Waals surface area contributed by atoms with Gasteiger partial charge in [-0.25, -0.2) is 0 Å². The number of nitrogens with zero attached hydrogens (tertiary/aromatic N) is 1. The highest BCUT2D eigenvalue weighted by atomic mass is 79.9. The molecule has 0 unspecified atom stereocenters. The van der Waals surface area contributed by atoms with Crippen molar-refractivity contribution in [2.75, 3.05) is 25.5 Å². The van der Waals surface area contributed by atoms with Crippen LogP contribution in [-0.4, -0.2) is 36.9 Å². The van der Waals surface area contributed by atoms with Crippen molar-refractivity contribution in [3.05, 3.63) is 57.6 Å². The number of halogens is 1. The maximum atomic E-state index is 12.2. The Morgan fingerprint density at radius 2 is 1.81 bits per heavy atom. The van der Waals surface area contributed by atoms with Gasteiger partial charge in [-0.2, -0.15) is 0 Å². The van der Waals surface area contributed by atoms with Crippen LogP contribution >= 0.6 is 15.9 Å². The summed E-state index contributed by atoms with van der Waals surface area (Å²) in [6.45, 7) is 6.16. The lowest BCUT2D eigenvalue weighted by Gasteiger charge is -2.18. The van der Waals surface area contributed by atoms with Gasteiger partial charge in [0.1, 0.15) is 5.75 Å². The van der Waals surface area contributed by atoms with Crippen molar-refractivity contribution >= 4 is 33.4 Å². The fraction of sp³-hybridized carbons (Fsp3) is 0.333. The number of hydrogen-bond acceptors (Lipinski definition) is 3. The fourth-order valence-electron chi connectivity index (χ4n) is 2.56. The van der Waals surface area contributed by atoms with Gasteiger partial charge >= 0.3 is 0 Å². The number of ether oxygens (including phenoxy) is 1. The highest BCUT2D eigenvalue weighted by Gasteiger charge is 2.14. The smallest absolute Gasteiger partial charge is 0.243 e. The molecule has 1 N–H and O–H groups in total. The molecule has 0 saturated heterocycles. The van der Waals surface area contributed by atoms with E-state index in [1.807, 2.05) is 57.2 Å². The van der Waals surface area contributed by atoms with Crippen molar-refractivity contribution < 1.29 is 14.3 Å². The van der Waals surface area contributed by atoms with E-state index in [0.717, 1.165) is 32.6 Å². The molecule has 0 radical (unpaired) electrons. The molecule has 0 atom stereocenters. The molecule has 2 aromatic carbocycles. The molecule has 0 spiro atoms. The summed E-state index contributed by atoms with van der Waals surface area (Å²) in [7, 11) is 1.62. The minimum absolute atomic E-state index is 0.00217. The Bertz CT molecular complexity index is 836. The Morgan fingerprint density at radius 3 is 2.52 bits per heavy atom. The van der Waals surface area contributed by atoms with Crippen molar-refractivity contribution in [3.8, 4) is 5.75 Å². The molecule has 0 heterocycles. The third-order valence-corrected chi connectivity index (χ3v) is 4.68. The van der Waals surface area contributed by atoms with E-state index in [4.69, 9.17) is 4.74 Å². The summed E-state index contributed by atoms with van der Waals surface area (Å²) in [6.07, 6.45) is 0.217. The molecular formula is C21H25BrN2O3. The summed E-state index contributed by atoms with van der Waals surface area (Å²) < 4.78 is 6.67. The predicted molar refractivity (Wildman–Crippen MR) is 111 cm³/mol. The number of benzene rings is 2. The number of likely N-dealkylation sites (N-methyl/N-ethyl adjacent to an activating group) is 1. The summed E-state index contributed by atoms with van der Waals surface area (Å²) in [5, 5.41) is 2.83. The van der Waals surface area contributed by atoms with E-state index < -0.39 is 0 Å². The minimum Gasteiger partial charge on any atom is -0.493 e. The zero-order valence-corrected chi connectivity index (χ0v) is 17.7. The van der Waals surface area contributed by atoms with Crippen LogP contribution in [0.15, 0.2) is 40.9 Å². The Balaban J connectivity index is 1.80. The second kappa shape index (κ2) is 9.55. The number of hydrogen-bond donors (Lipinski definition) is 1. The molecule has 6 heteroatoms. The van der Waals surface area contributed by atoms with E-state index >= 15 is 0 Å². The number of aryl methyl sites for hydroxylation is 3. The van der Waals surface area contributed by atoms with Gasteiger partial charge in [0, 0.05) is 17.2 Å². The quantitative estimate of drug-likeness (QED) is 0.711. The largest absolute Gasteiger partial charge is 0.493 e. The lowest BCUT2D eigenvalue weighted by Crippen LogP contribution is -2.35. The summed E-state index contributed by atoms with van der Waals surface area (Å²) in [5.74, 6) is 0.420. The Morgan fingerprint density at radius 1 is 1.07 bits per heavy atom. The van der Waals surface area contributed by atoms with Crippen LogP contribution in [0.2, 0.25) is 0 Å². The van der Waals surface area contributed by atoms with E-state index in [0.29, 0.717) is 0 Å². The molecule has 0 aliphatic heterocycles. The number of amides is 2. The number of carbonyl (C=O) groups is 2. The molecule has 0 bridgehead atoms. The lowest BCUT2D eigenvalue weighted by molar-refractivity contribution is -0.133. The Labute approximate surface area is 168 Å². The average Bonchev–Trinajstić information content (AvgIpc) is 2.60. The van der Waals surface area contributed by atoms with E-state index in [2.05, 4.69) is 21.2 Å². The highest BCUT2D eigenvalue weighted by Crippen LogP contribution is 2.20. The van der Waals surface area contributed by atoms with Gasteiger partial charge in [-0.15, -0.1) is 0 Å². The molecule has 0 aliphatic carbocycles. The van der Waals surface area contributed by atoms with Crippen molar-refractivity contribution in [2.45, 2.75) is 27.2 Å². The van der Waals surface area contributed by atoms with Crippen LogP contribution in [0.5, 0.6) is 5.75 Å². The molecule has 144 valence electrons. The topological polar surface area (TPSA) is 58.6 Å². The number of carbonyl (C=O) groups excluding carboxylic acids is 2. The monoisotopic (exact) mass is 432 g/mol. The van der Waals surface area contributed by atoms with Crippen molar-refractivity contribution in [3.63, 3.8) is 0 Å². The van der Waals surface area contributed by atoms with E-state index in [1.165, 1.54) is 4.90 Å². The van der Waals surface area contributed by atoms with Gasteiger partial charge in [0.15, 0.2) is 0 Å². The van der Waals surface area contributed by atoms with Crippen LogP contribution in [0.3, 0.4) is 0 Å². The first-order valence-electron chi connectivity index (χ1n) is 8.76. The van der Waals surface area contributed by atoms with Gasteiger partial charge < -0.3 is 15.0 Å². The summed E-state index contributed by atoms with van der Waals surface area (Å²) in [4.78, 5) is 25.9. The lowest BCUT2D eigenvalue weighted by atomic mass is 10.1. The van der Waals surface area contributed by atoms with E-state index in [9.17, 15) is 9.59 Å². The SMILES string of the molecule is Cc1ccc(C)c(OCCC(=O)N(C)CC(=O)Nc2ccc(Br)cc2C)c1. The zero-order valence-electron chi connectivity index (χ0n) is 16.1. The number of anilines is 1. The first-order chi connectivity index (χ1) is 12.8. The van der Waals surface area contributed by atoms with Crippen molar-refractivity contribution in [1.82, 2.24) is 4.90 Å². The maximum absolute atomic E-state index is 12.2. The fourth-order valence-corrected chi connectivity index (χ4v) is 3.04. The highest BCUT2D eigenvalue weighted by molar-refractivity contribution is 9.10. The van der Waals surface area contributed by atoms with Gasteiger partial charge in [0.25, 0.3) is 0 Å². The van der Waals surface area contributed by atoms with Crippen LogP contribution in [0, 0.1) is 20.8 Å². The third kappa shape index (κ3) is 6.40. The summed E-state index contributed by atoms with van der Waals surface area (Å²) >= 11 is 3.39. The second-order valence-electron chi connectivity index (χ2n) is 6.62. The molecule has 2 rings (SSSR count). The number of rotatable bonds is 7. The minimum atomic E-state index is -0.230. The summed E-state index contributed by atoms with van der Waals surface area (Å²) in [5.41, 5.74) is 3.83. The first-order valence-corrected chi connectivity index (χ1v) is 9.55. The third-order valence-electron chi connectivity index (χ3n) is 4.19. The Kier molecular flexibility index (Phi) is 7.42. The molecule has 0 fully saturated rings. The average molecular weight is 433 g/mol. The van der Waals surface area contributed by atoms with Crippen molar-refractivity contribution in [1.29, 1.82) is 0 Å².